The first-order valence-corrected chi connectivity index (χ1v) is 11.0. The Kier molecular flexibility index (Phi) is 5.30. The molecule has 3 aromatic carbocycles. The number of aromatic nitrogens is 2. The minimum atomic E-state index is -0.952. The third-order valence-corrected chi connectivity index (χ3v) is 6.28. The van der Waals surface area contributed by atoms with Crippen LogP contribution in [0.3, 0.4) is 0 Å². The number of halogens is 1. The van der Waals surface area contributed by atoms with Crippen molar-refractivity contribution in [2.24, 2.45) is 0 Å². The molecule has 1 aliphatic heterocycles. The standard InChI is InChI=1S/C26H20ClN3O3/c1-15(31)28-23-21(16-11-13-18(27)14-12-16)22(24(32)17-7-3-2-4-8-17)25-29-19-9-5-6-10-20(19)30(25)26(23)33/h2-14,21-23H,1H3,(H,28,31)/t21-,22-,23+/m1/s1. The maximum atomic E-state index is 13.9. The summed E-state index contributed by atoms with van der Waals surface area (Å²) >= 11 is 6.11. The van der Waals surface area contributed by atoms with Gasteiger partial charge in [0.25, 0.3) is 5.91 Å². The van der Waals surface area contributed by atoms with Gasteiger partial charge >= 0.3 is 0 Å². The molecule has 6 nitrogen and oxygen atoms in total. The molecule has 0 saturated carbocycles. The van der Waals surface area contributed by atoms with Crippen LogP contribution in [0.5, 0.6) is 0 Å². The minimum Gasteiger partial charge on any atom is -0.344 e. The van der Waals surface area contributed by atoms with Crippen LogP contribution in [-0.4, -0.2) is 33.2 Å². The van der Waals surface area contributed by atoms with Crippen molar-refractivity contribution in [3.63, 3.8) is 0 Å². The van der Waals surface area contributed by atoms with E-state index in [0.717, 1.165) is 5.56 Å². The van der Waals surface area contributed by atoms with Crippen LogP contribution >= 0.6 is 11.6 Å². The molecule has 1 N–H and O–H groups in total. The van der Waals surface area contributed by atoms with E-state index in [0.29, 0.717) is 27.4 Å². The number of nitrogens with zero attached hydrogens (tertiary/aromatic N) is 2. The zero-order valence-electron chi connectivity index (χ0n) is 17.7. The average Bonchev–Trinajstić information content (AvgIpc) is 3.21. The van der Waals surface area contributed by atoms with E-state index in [4.69, 9.17) is 16.6 Å². The van der Waals surface area contributed by atoms with Crippen molar-refractivity contribution in [2.45, 2.75) is 24.8 Å². The van der Waals surface area contributed by atoms with Gasteiger partial charge in [-0.15, -0.1) is 0 Å². The zero-order valence-corrected chi connectivity index (χ0v) is 18.5. The van der Waals surface area contributed by atoms with Crippen LogP contribution in [0.4, 0.5) is 0 Å². The van der Waals surface area contributed by atoms with Crippen molar-refractivity contribution < 1.29 is 14.4 Å². The summed E-state index contributed by atoms with van der Waals surface area (Å²) in [6, 6.07) is 22.2. The number of imidazole rings is 1. The highest BCUT2D eigenvalue weighted by molar-refractivity contribution is 6.30. The summed E-state index contributed by atoms with van der Waals surface area (Å²) in [5, 5.41) is 3.34. The number of benzene rings is 3. The number of rotatable bonds is 4. The second-order valence-electron chi connectivity index (χ2n) is 8.10. The summed E-state index contributed by atoms with van der Waals surface area (Å²) in [4.78, 5) is 44.6. The molecule has 33 heavy (non-hydrogen) atoms. The normalized spacial score (nSPS) is 19.8. The van der Waals surface area contributed by atoms with Gasteiger partial charge in [-0.25, -0.2) is 4.98 Å². The minimum absolute atomic E-state index is 0.171. The van der Waals surface area contributed by atoms with Gasteiger partial charge in [-0.1, -0.05) is 66.2 Å². The molecular weight excluding hydrogens is 438 g/mol. The van der Waals surface area contributed by atoms with Crippen LogP contribution < -0.4 is 5.32 Å². The number of para-hydroxylation sites is 2. The van der Waals surface area contributed by atoms with Gasteiger partial charge in [-0.3, -0.25) is 19.0 Å². The van der Waals surface area contributed by atoms with Crippen LogP contribution in [0.25, 0.3) is 11.0 Å². The molecular formula is C26H20ClN3O3. The maximum Gasteiger partial charge on any atom is 0.255 e. The summed E-state index contributed by atoms with van der Waals surface area (Å²) < 4.78 is 1.48. The molecule has 0 spiro atoms. The van der Waals surface area contributed by atoms with E-state index in [-0.39, 0.29) is 17.6 Å². The number of fused-ring (bicyclic) bond motifs is 3. The van der Waals surface area contributed by atoms with Gasteiger partial charge in [-0.2, -0.15) is 0 Å². The van der Waals surface area contributed by atoms with Crippen molar-refractivity contribution in [1.29, 1.82) is 0 Å². The molecule has 4 aromatic rings. The fraction of sp³-hybridized carbons (Fsp3) is 0.154. The second-order valence-corrected chi connectivity index (χ2v) is 8.53. The number of hydrogen-bond acceptors (Lipinski definition) is 4. The Labute approximate surface area is 195 Å². The molecule has 2 heterocycles. The Bertz CT molecular complexity index is 1380. The van der Waals surface area contributed by atoms with Crippen LogP contribution in [-0.2, 0) is 4.79 Å². The van der Waals surface area contributed by atoms with Gasteiger partial charge < -0.3 is 5.32 Å². The number of nitrogens with one attached hydrogen (secondary N) is 1. The quantitative estimate of drug-likeness (QED) is 0.454. The molecule has 7 heteroatoms. The monoisotopic (exact) mass is 457 g/mol. The molecule has 0 aliphatic carbocycles. The average molecular weight is 458 g/mol. The van der Waals surface area contributed by atoms with E-state index < -0.39 is 17.9 Å². The van der Waals surface area contributed by atoms with Crippen molar-refractivity contribution in [3.05, 3.63) is 101 Å². The van der Waals surface area contributed by atoms with Crippen molar-refractivity contribution in [2.75, 3.05) is 0 Å². The zero-order chi connectivity index (χ0) is 23.1. The molecule has 1 aliphatic rings. The summed E-state index contributed by atoms with van der Waals surface area (Å²) in [5.74, 6) is -1.94. The largest absolute Gasteiger partial charge is 0.344 e. The van der Waals surface area contributed by atoms with Crippen molar-refractivity contribution in [1.82, 2.24) is 14.9 Å². The molecule has 5 rings (SSSR count). The third-order valence-electron chi connectivity index (χ3n) is 6.02. The Balaban J connectivity index is 1.79. The van der Waals surface area contributed by atoms with Crippen LogP contribution in [0, 0.1) is 0 Å². The van der Waals surface area contributed by atoms with E-state index in [1.54, 1.807) is 54.6 Å². The van der Waals surface area contributed by atoms with Crippen LogP contribution in [0.2, 0.25) is 5.02 Å². The fourth-order valence-corrected chi connectivity index (χ4v) is 4.76. The molecule has 1 amide bonds. The van der Waals surface area contributed by atoms with Crippen LogP contribution in [0.15, 0.2) is 78.9 Å². The highest BCUT2D eigenvalue weighted by Gasteiger charge is 2.48. The summed E-state index contributed by atoms with van der Waals surface area (Å²) in [6.07, 6.45) is 0. The fourth-order valence-electron chi connectivity index (χ4n) is 4.63. The Morgan fingerprint density at radius 3 is 2.30 bits per heavy atom. The van der Waals surface area contributed by atoms with Crippen molar-refractivity contribution in [3.8, 4) is 0 Å². The number of carbonyl (C=O) groups excluding carboxylic acids is 3. The predicted octanol–water partition coefficient (Wildman–Crippen LogP) is 4.60. The van der Waals surface area contributed by atoms with Crippen molar-refractivity contribution >= 4 is 40.2 Å². The summed E-state index contributed by atoms with van der Waals surface area (Å²) in [7, 11) is 0. The lowest BCUT2D eigenvalue weighted by Crippen LogP contribution is -2.53. The molecule has 1 aromatic heterocycles. The number of amides is 1. The second kappa shape index (κ2) is 8.30. The van der Waals surface area contributed by atoms with Gasteiger partial charge in [-0.05, 0) is 29.8 Å². The smallest absolute Gasteiger partial charge is 0.255 e. The predicted molar refractivity (Wildman–Crippen MR) is 126 cm³/mol. The first kappa shape index (κ1) is 21.1. The highest BCUT2D eigenvalue weighted by atomic mass is 35.5. The Hall–Kier alpha value is -3.77. The highest BCUT2D eigenvalue weighted by Crippen LogP contribution is 2.43. The third kappa shape index (κ3) is 3.62. The van der Waals surface area contributed by atoms with E-state index in [1.165, 1.54) is 11.5 Å². The Morgan fingerprint density at radius 1 is 0.939 bits per heavy atom. The van der Waals surface area contributed by atoms with E-state index in [9.17, 15) is 14.4 Å². The van der Waals surface area contributed by atoms with Gasteiger partial charge in [0.05, 0.1) is 17.0 Å². The maximum absolute atomic E-state index is 13.9. The number of ketones is 1. The van der Waals surface area contributed by atoms with E-state index in [2.05, 4.69) is 5.32 Å². The van der Waals surface area contributed by atoms with E-state index >= 15 is 0 Å². The van der Waals surface area contributed by atoms with Gasteiger partial charge in [0.2, 0.25) is 5.91 Å². The topological polar surface area (TPSA) is 81.1 Å². The van der Waals surface area contributed by atoms with Gasteiger partial charge in [0, 0.05) is 23.4 Å². The van der Waals surface area contributed by atoms with Crippen LogP contribution in [0.1, 0.15) is 45.3 Å². The van der Waals surface area contributed by atoms with Gasteiger partial charge in [0.15, 0.2) is 5.78 Å². The molecule has 0 fully saturated rings. The molecule has 0 saturated heterocycles. The molecule has 0 radical (unpaired) electrons. The van der Waals surface area contributed by atoms with E-state index in [1.807, 2.05) is 24.3 Å². The molecule has 164 valence electrons. The lowest BCUT2D eigenvalue weighted by atomic mass is 9.74. The molecule has 0 unspecified atom stereocenters. The SMILES string of the molecule is CC(=O)N[C@@H]1C(=O)n2c(nc3ccccc32)[C@@H](C(=O)c2ccccc2)[C@H]1c1ccc(Cl)cc1. The van der Waals surface area contributed by atoms with Gasteiger partial charge in [0.1, 0.15) is 11.9 Å². The molecule has 3 atom stereocenters. The number of carbonyl (C=O) groups is 3. The lowest BCUT2D eigenvalue weighted by molar-refractivity contribution is -0.119. The lowest BCUT2D eigenvalue weighted by Gasteiger charge is -2.37. The summed E-state index contributed by atoms with van der Waals surface area (Å²) in [5.41, 5.74) is 2.45. The number of Topliss-reactive ketones (excluding diaryl/α,β-unsaturated/α-hetero) is 1. The first-order valence-electron chi connectivity index (χ1n) is 10.6. The summed E-state index contributed by atoms with van der Waals surface area (Å²) in [6.45, 7) is 1.36. The Morgan fingerprint density at radius 2 is 1.61 bits per heavy atom. The number of hydrogen-bond donors (Lipinski definition) is 1. The molecule has 0 bridgehead atoms. The first-order chi connectivity index (χ1) is 16.0.